The lowest BCUT2D eigenvalue weighted by atomic mass is 10.3. The van der Waals surface area contributed by atoms with Crippen LogP contribution in [0.25, 0.3) is 0 Å². The molecule has 1 heterocycles. The van der Waals surface area contributed by atoms with Gasteiger partial charge in [-0.2, -0.15) is 0 Å². The zero-order valence-electron chi connectivity index (χ0n) is 12.4. The minimum absolute atomic E-state index is 0.488. The van der Waals surface area contributed by atoms with Crippen LogP contribution in [0.2, 0.25) is 10.0 Å². The fourth-order valence-electron chi connectivity index (χ4n) is 2.21. The molecular weight excluding hydrogens is 431 g/mol. The van der Waals surface area contributed by atoms with Gasteiger partial charge in [0, 0.05) is 22.4 Å². The highest BCUT2D eigenvalue weighted by Crippen LogP contribution is 2.25. The van der Waals surface area contributed by atoms with Crippen LogP contribution < -0.4 is 10.6 Å². The molecule has 0 saturated carbocycles. The Hall–Kier alpha value is -1.34. The summed E-state index contributed by atoms with van der Waals surface area (Å²) in [5, 5.41) is 8.03. The fourth-order valence-corrected chi connectivity index (χ4v) is 3.21. The Morgan fingerprint density at radius 1 is 1.12 bits per heavy atom. The van der Waals surface area contributed by atoms with Gasteiger partial charge in [-0.3, -0.25) is 9.89 Å². The number of anilines is 2. The summed E-state index contributed by atoms with van der Waals surface area (Å²) < 4.78 is 0.986. The van der Waals surface area contributed by atoms with Crippen molar-refractivity contribution in [2.24, 2.45) is 4.99 Å². The average Bonchev–Trinajstić information content (AvgIpc) is 2.99. The zero-order valence-corrected chi connectivity index (χ0v) is 16.3. The quantitative estimate of drug-likeness (QED) is 0.623. The summed E-state index contributed by atoms with van der Waals surface area (Å²) in [6.07, 6.45) is 0. The maximum atomic E-state index is 6.05. The molecule has 8 heteroatoms. The van der Waals surface area contributed by atoms with Crippen molar-refractivity contribution in [3.8, 4) is 0 Å². The Morgan fingerprint density at radius 2 is 1.96 bits per heavy atom. The summed E-state index contributed by atoms with van der Waals surface area (Å²) in [7, 11) is 0. The van der Waals surface area contributed by atoms with E-state index in [1.54, 1.807) is 12.1 Å². The number of thiocarbonyl (C=S) groups is 1. The third-order valence-electron chi connectivity index (χ3n) is 3.34. The molecule has 124 valence electrons. The molecule has 4 nitrogen and oxygen atoms in total. The van der Waals surface area contributed by atoms with Crippen molar-refractivity contribution in [1.82, 2.24) is 4.90 Å². The predicted octanol–water partition coefficient (Wildman–Crippen LogP) is 5.24. The minimum Gasteiger partial charge on any atom is -0.332 e. The van der Waals surface area contributed by atoms with E-state index in [1.807, 2.05) is 35.2 Å². The second kappa shape index (κ2) is 7.70. The van der Waals surface area contributed by atoms with Crippen LogP contribution in [0.3, 0.4) is 0 Å². The lowest BCUT2D eigenvalue weighted by molar-refractivity contribution is 0.674. The van der Waals surface area contributed by atoms with Crippen LogP contribution in [0.15, 0.2) is 51.9 Å². The second-order valence-corrected chi connectivity index (χ2v) is 7.17. The summed E-state index contributed by atoms with van der Waals surface area (Å²) in [6.45, 7) is 1.38. The largest absolute Gasteiger partial charge is 0.332 e. The summed E-state index contributed by atoms with van der Waals surface area (Å²) >= 11 is 21.0. The third kappa shape index (κ3) is 4.19. The molecule has 0 spiro atoms. The van der Waals surface area contributed by atoms with Crippen molar-refractivity contribution in [1.29, 1.82) is 0 Å². The van der Waals surface area contributed by atoms with Gasteiger partial charge in [-0.15, -0.1) is 0 Å². The van der Waals surface area contributed by atoms with E-state index in [0.29, 0.717) is 34.2 Å². The molecule has 0 unspecified atom stereocenters. The summed E-state index contributed by atoms with van der Waals surface area (Å²) in [4.78, 5) is 6.38. The van der Waals surface area contributed by atoms with Crippen molar-refractivity contribution in [2.45, 2.75) is 0 Å². The molecule has 1 aliphatic rings. The van der Waals surface area contributed by atoms with Gasteiger partial charge < -0.3 is 10.6 Å². The number of nitrogens with one attached hydrogen (secondary N) is 2. The van der Waals surface area contributed by atoms with Crippen LogP contribution in [0.4, 0.5) is 11.4 Å². The van der Waals surface area contributed by atoms with E-state index in [4.69, 9.17) is 35.4 Å². The van der Waals surface area contributed by atoms with E-state index < -0.39 is 0 Å². The van der Waals surface area contributed by atoms with E-state index in [9.17, 15) is 0 Å². The van der Waals surface area contributed by atoms with Crippen LogP contribution in [0.1, 0.15) is 0 Å². The molecule has 2 aromatic rings. The maximum Gasteiger partial charge on any atom is 0.204 e. The van der Waals surface area contributed by atoms with E-state index in [2.05, 4.69) is 31.6 Å². The van der Waals surface area contributed by atoms with Crippen molar-refractivity contribution in [3.63, 3.8) is 0 Å². The van der Waals surface area contributed by atoms with Crippen LogP contribution in [0.5, 0.6) is 0 Å². The number of halogens is 3. The molecule has 0 aliphatic carbocycles. The molecule has 0 aromatic heterocycles. The summed E-state index contributed by atoms with van der Waals surface area (Å²) in [5.74, 6) is 0.681. The van der Waals surface area contributed by atoms with Crippen molar-refractivity contribution in [2.75, 3.05) is 23.7 Å². The van der Waals surface area contributed by atoms with Gasteiger partial charge in [0.05, 0.1) is 16.6 Å². The first-order chi connectivity index (χ1) is 11.5. The molecule has 0 saturated heterocycles. The fraction of sp³-hybridized carbons (Fsp3) is 0.125. The molecule has 0 amide bonds. The maximum absolute atomic E-state index is 6.05. The highest BCUT2D eigenvalue weighted by atomic mass is 79.9. The van der Waals surface area contributed by atoms with E-state index in [-0.39, 0.29) is 0 Å². The van der Waals surface area contributed by atoms with E-state index in [1.165, 1.54) is 0 Å². The van der Waals surface area contributed by atoms with Gasteiger partial charge in [0.25, 0.3) is 0 Å². The number of rotatable bonds is 2. The first-order valence-electron chi connectivity index (χ1n) is 7.13. The smallest absolute Gasteiger partial charge is 0.204 e. The number of hydrogen-bond acceptors (Lipinski definition) is 3. The number of aliphatic imine (C=N–C) groups is 1. The molecular formula is C16H13BrCl2N4S. The zero-order chi connectivity index (χ0) is 17.1. The van der Waals surface area contributed by atoms with Crippen molar-refractivity contribution < 1.29 is 0 Å². The first kappa shape index (κ1) is 17.5. The van der Waals surface area contributed by atoms with Crippen LogP contribution in [-0.2, 0) is 0 Å². The Labute approximate surface area is 164 Å². The number of benzene rings is 2. The Bertz CT molecular complexity index is 812. The standard InChI is InChI=1S/C16H13BrCl2N4S/c17-10-2-1-3-11(8-10)22-16(24)23-7-6-20-15(23)21-12-4-5-13(18)14(19)9-12/h1-5,8-9H,6-7H2,(H,20,21)(H,22,24). The highest BCUT2D eigenvalue weighted by molar-refractivity contribution is 9.10. The molecule has 0 bridgehead atoms. The Kier molecular flexibility index (Phi) is 5.61. The summed E-state index contributed by atoms with van der Waals surface area (Å²) in [5.41, 5.74) is 1.72. The van der Waals surface area contributed by atoms with Crippen LogP contribution in [-0.4, -0.2) is 29.1 Å². The second-order valence-electron chi connectivity index (χ2n) is 5.05. The number of guanidine groups is 1. The lowest BCUT2D eigenvalue weighted by Gasteiger charge is -2.22. The molecule has 3 rings (SSSR count). The Morgan fingerprint density at radius 3 is 2.71 bits per heavy atom. The van der Waals surface area contributed by atoms with E-state index in [0.717, 1.165) is 15.8 Å². The van der Waals surface area contributed by atoms with Gasteiger partial charge in [-0.05, 0) is 48.6 Å². The number of nitrogens with zero attached hydrogens (tertiary/aromatic N) is 2. The van der Waals surface area contributed by atoms with Gasteiger partial charge in [0.15, 0.2) is 5.11 Å². The van der Waals surface area contributed by atoms with Crippen LogP contribution >= 0.6 is 51.3 Å². The van der Waals surface area contributed by atoms with Crippen LogP contribution in [0, 0.1) is 0 Å². The molecule has 0 radical (unpaired) electrons. The summed E-state index contributed by atoms with van der Waals surface area (Å²) in [6, 6.07) is 13.2. The molecule has 1 aliphatic heterocycles. The van der Waals surface area contributed by atoms with Gasteiger partial charge in [-0.25, -0.2) is 0 Å². The SMILES string of the molecule is S=C(Nc1cccc(Br)c1)N1CCN=C1Nc1ccc(Cl)c(Cl)c1. The molecule has 0 atom stereocenters. The average molecular weight is 444 g/mol. The molecule has 2 N–H and O–H groups in total. The molecule has 24 heavy (non-hydrogen) atoms. The highest BCUT2D eigenvalue weighted by Gasteiger charge is 2.21. The number of hydrogen-bond donors (Lipinski definition) is 2. The third-order valence-corrected chi connectivity index (χ3v) is 4.89. The van der Waals surface area contributed by atoms with E-state index >= 15 is 0 Å². The minimum atomic E-state index is 0.488. The topological polar surface area (TPSA) is 39.7 Å². The lowest BCUT2D eigenvalue weighted by Crippen LogP contribution is -2.40. The monoisotopic (exact) mass is 442 g/mol. The van der Waals surface area contributed by atoms with Gasteiger partial charge >= 0.3 is 0 Å². The first-order valence-corrected chi connectivity index (χ1v) is 9.09. The van der Waals surface area contributed by atoms with Crippen molar-refractivity contribution >= 4 is 73.8 Å². The predicted molar refractivity (Wildman–Crippen MR) is 109 cm³/mol. The van der Waals surface area contributed by atoms with Crippen molar-refractivity contribution in [3.05, 3.63) is 57.0 Å². The molecule has 0 fully saturated rings. The Balaban J connectivity index is 1.70. The van der Waals surface area contributed by atoms with Gasteiger partial charge in [-0.1, -0.05) is 45.2 Å². The van der Waals surface area contributed by atoms with Gasteiger partial charge in [0.1, 0.15) is 0 Å². The molecule has 2 aromatic carbocycles. The normalized spacial score (nSPS) is 13.6. The van der Waals surface area contributed by atoms with Gasteiger partial charge in [0.2, 0.25) is 5.96 Å².